The van der Waals surface area contributed by atoms with E-state index in [0.29, 0.717) is 12.3 Å². The largest absolute Gasteiger partial charge is 0.349 e. The molecule has 1 aliphatic heterocycles. The van der Waals surface area contributed by atoms with Crippen molar-refractivity contribution < 1.29 is 14.5 Å². The molecule has 1 heterocycles. The summed E-state index contributed by atoms with van der Waals surface area (Å²) < 4.78 is 0. The summed E-state index contributed by atoms with van der Waals surface area (Å²) in [7, 11) is 0. The highest BCUT2D eigenvalue weighted by Gasteiger charge is 2.26. The van der Waals surface area contributed by atoms with Crippen molar-refractivity contribution in [3.05, 3.63) is 71.3 Å². The lowest BCUT2D eigenvalue weighted by molar-refractivity contribution is -0.917. The molecule has 1 saturated heterocycles. The second-order valence-electron chi connectivity index (χ2n) is 8.57. The van der Waals surface area contributed by atoms with E-state index in [9.17, 15) is 9.59 Å². The van der Waals surface area contributed by atoms with E-state index in [1.165, 1.54) is 23.0 Å². The third-order valence-electron chi connectivity index (χ3n) is 5.88. The molecule has 3 rings (SSSR count). The van der Waals surface area contributed by atoms with Crippen LogP contribution in [0.2, 0.25) is 0 Å². The fourth-order valence-electron chi connectivity index (χ4n) is 4.04. The van der Waals surface area contributed by atoms with E-state index in [1.807, 2.05) is 35.2 Å². The Morgan fingerprint density at radius 3 is 2.17 bits per heavy atom. The van der Waals surface area contributed by atoms with Crippen molar-refractivity contribution in [2.45, 2.75) is 45.7 Å². The fourth-order valence-corrected chi connectivity index (χ4v) is 4.04. The number of quaternary nitrogens is 1. The van der Waals surface area contributed by atoms with E-state index >= 15 is 0 Å². The molecule has 5 nitrogen and oxygen atoms in total. The lowest BCUT2D eigenvalue weighted by Gasteiger charge is -2.33. The van der Waals surface area contributed by atoms with Crippen molar-refractivity contribution in [1.29, 1.82) is 0 Å². The van der Waals surface area contributed by atoms with Crippen LogP contribution < -0.4 is 10.2 Å². The second kappa shape index (κ2) is 10.4. The number of nitrogens with zero attached hydrogens (tertiary/aromatic N) is 1. The number of amides is 2. The van der Waals surface area contributed by atoms with Crippen LogP contribution in [-0.2, 0) is 16.1 Å². The Bertz CT molecular complexity index is 825. The van der Waals surface area contributed by atoms with Crippen LogP contribution in [0.15, 0.2) is 54.6 Å². The van der Waals surface area contributed by atoms with Crippen molar-refractivity contribution in [1.82, 2.24) is 10.2 Å². The van der Waals surface area contributed by atoms with Crippen LogP contribution in [-0.4, -0.2) is 42.9 Å². The van der Waals surface area contributed by atoms with Gasteiger partial charge >= 0.3 is 0 Å². The third kappa shape index (κ3) is 6.17. The summed E-state index contributed by atoms with van der Waals surface area (Å²) in [4.78, 5) is 28.0. The maximum Gasteiger partial charge on any atom is 0.225 e. The van der Waals surface area contributed by atoms with E-state index < -0.39 is 0 Å². The first-order valence-corrected chi connectivity index (χ1v) is 10.9. The molecule has 2 amide bonds. The highest BCUT2D eigenvalue weighted by molar-refractivity contribution is 5.79. The van der Waals surface area contributed by atoms with Crippen LogP contribution in [0.4, 0.5) is 0 Å². The van der Waals surface area contributed by atoms with Crippen LogP contribution in [0.3, 0.4) is 0 Å². The molecule has 0 saturated carbocycles. The van der Waals surface area contributed by atoms with Gasteiger partial charge in [0.1, 0.15) is 6.54 Å². The van der Waals surface area contributed by atoms with Gasteiger partial charge < -0.3 is 15.1 Å². The maximum absolute atomic E-state index is 12.9. The molecular formula is C25H34N3O2+. The Morgan fingerprint density at radius 2 is 1.60 bits per heavy atom. The van der Waals surface area contributed by atoms with Gasteiger partial charge in [-0.2, -0.15) is 0 Å². The van der Waals surface area contributed by atoms with Crippen molar-refractivity contribution in [2.75, 3.05) is 26.2 Å². The molecule has 0 bridgehead atoms. The quantitative estimate of drug-likeness (QED) is 0.739. The number of nitrogens with one attached hydrogen (secondary N) is 2. The van der Waals surface area contributed by atoms with Crippen LogP contribution in [0.1, 0.15) is 55.8 Å². The average molecular weight is 409 g/mol. The SMILES string of the molecule is CC(=O)N[C@H](CC(=O)N1CC[NH+](Cc2ccc(C(C)C)cc2)CC1)c1ccccc1. The van der Waals surface area contributed by atoms with Gasteiger partial charge in [0.2, 0.25) is 11.8 Å². The molecule has 30 heavy (non-hydrogen) atoms. The molecule has 5 heteroatoms. The van der Waals surface area contributed by atoms with E-state index in [-0.39, 0.29) is 17.9 Å². The molecule has 2 N–H and O–H groups in total. The maximum atomic E-state index is 12.9. The minimum atomic E-state index is -0.277. The van der Waals surface area contributed by atoms with E-state index in [1.54, 1.807) is 0 Å². The summed E-state index contributed by atoms with van der Waals surface area (Å²) in [5, 5.41) is 2.93. The molecule has 1 atom stereocenters. The van der Waals surface area contributed by atoms with Gasteiger partial charge in [0, 0.05) is 12.5 Å². The predicted molar refractivity (Wildman–Crippen MR) is 119 cm³/mol. The zero-order chi connectivity index (χ0) is 21.5. The van der Waals surface area contributed by atoms with E-state index in [0.717, 1.165) is 38.3 Å². The number of hydrogen-bond donors (Lipinski definition) is 2. The molecule has 2 aromatic carbocycles. The minimum absolute atomic E-state index is 0.109. The predicted octanol–water partition coefficient (Wildman–Crippen LogP) is 2.30. The topological polar surface area (TPSA) is 53.9 Å². The van der Waals surface area contributed by atoms with Gasteiger partial charge in [-0.1, -0.05) is 68.4 Å². The Labute approximate surface area is 180 Å². The van der Waals surface area contributed by atoms with Gasteiger partial charge in [-0.3, -0.25) is 9.59 Å². The number of piperazine rings is 1. The lowest BCUT2D eigenvalue weighted by Crippen LogP contribution is -3.13. The number of rotatable bonds is 7. The Morgan fingerprint density at radius 1 is 0.967 bits per heavy atom. The van der Waals surface area contributed by atoms with Crippen LogP contribution >= 0.6 is 0 Å². The van der Waals surface area contributed by atoms with Crippen LogP contribution in [0.25, 0.3) is 0 Å². The fraction of sp³-hybridized carbons (Fsp3) is 0.440. The smallest absolute Gasteiger partial charge is 0.225 e. The first-order chi connectivity index (χ1) is 14.4. The molecule has 0 unspecified atom stereocenters. The van der Waals surface area contributed by atoms with Gasteiger partial charge in [0.05, 0.1) is 38.6 Å². The van der Waals surface area contributed by atoms with Crippen LogP contribution in [0.5, 0.6) is 0 Å². The van der Waals surface area contributed by atoms with Crippen molar-refractivity contribution in [3.8, 4) is 0 Å². The van der Waals surface area contributed by atoms with Gasteiger partial charge in [-0.05, 0) is 17.0 Å². The summed E-state index contributed by atoms with van der Waals surface area (Å²) in [5.74, 6) is 0.547. The Kier molecular flexibility index (Phi) is 7.63. The van der Waals surface area contributed by atoms with E-state index in [4.69, 9.17) is 0 Å². The molecule has 160 valence electrons. The van der Waals surface area contributed by atoms with Crippen molar-refractivity contribution in [2.24, 2.45) is 0 Å². The summed E-state index contributed by atoms with van der Waals surface area (Å²) >= 11 is 0. The molecule has 0 aromatic heterocycles. The molecule has 0 spiro atoms. The third-order valence-corrected chi connectivity index (χ3v) is 5.88. The highest BCUT2D eigenvalue weighted by atomic mass is 16.2. The zero-order valence-corrected chi connectivity index (χ0v) is 18.4. The second-order valence-corrected chi connectivity index (χ2v) is 8.57. The Balaban J connectivity index is 1.52. The molecule has 1 fully saturated rings. The van der Waals surface area contributed by atoms with Crippen molar-refractivity contribution >= 4 is 11.8 Å². The van der Waals surface area contributed by atoms with E-state index in [2.05, 4.69) is 43.4 Å². The molecule has 1 aliphatic rings. The summed E-state index contributed by atoms with van der Waals surface area (Å²) in [5.41, 5.74) is 3.69. The number of hydrogen-bond acceptors (Lipinski definition) is 2. The normalized spacial score (nSPS) is 15.8. The molecule has 2 aromatic rings. The number of carbonyl (C=O) groups excluding carboxylic acids is 2. The first kappa shape index (κ1) is 22.0. The average Bonchev–Trinajstić information content (AvgIpc) is 2.74. The van der Waals surface area contributed by atoms with Crippen LogP contribution in [0, 0.1) is 0 Å². The molecular weight excluding hydrogens is 374 g/mol. The monoisotopic (exact) mass is 408 g/mol. The summed E-state index contributed by atoms with van der Waals surface area (Å²) in [6.07, 6.45) is 0.301. The highest BCUT2D eigenvalue weighted by Crippen LogP contribution is 2.18. The molecule has 0 radical (unpaired) electrons. The van der Waals surface area contributed by atoms with Gasteiger partial charge in [-0.25, -0.2) is 0 Å². The molecule has 0 aliphatic carbocycles. The zero-order valence-electron chi connectivity index (χ0n) is 18.4. The standard InChI is InChI=1S/C25H33N3O2/c1-19(2)22-11-9-21(10-12-22)18-27-13-15-28(16-14-27)25(30)17-24(26-20(3)29)23-7-5-4-6-8-23/h4-12,19,24H,13-18H2,1-3H3,(H,26,29)/p+1/t24-/m1/s1. The van der Waals surface area contributed by atoms with Gasteiger partial charge in [0.15, 0.2) is 0 Å². The lowest BCUT2D eigenvalue weighted by atomic mass is 10.0. The number of benzene rings is 2. The Hall–Kier alpha value is -2.66. The first-order valence-electron chi connectivity index (χ1n) is 10.9. The van der Waals surface area contributed by atoms with Gasteiger partial charge in [-0.15, -0.1) is 0 Å². The summed E-state index contributed by atoms with van der Waals surface area (Å²) in [6, 6.07) is 18.4. The van der Waals surface area contributed by atoms with Gasteiger partial charge in [0.25, 0.3) is 0 Å². The van der Waals surface area contributed by atoms with Crippen molar-refractivity contribution in [3.63, 3.8) is 0 Å². The number of carbonyl (C=O) groups is 2. The summed E-state index contributed by atoms with van der Waals surface area (Å²) in [6.45, 7) is 10.4. The minimum Gasteiger partial charge on any atom is -0.349 e.